The number of hydrogen-bond acceptors (Lipinski definition) is 3. The number of benzene rings is 1. The zero-order valence-corrected chi connectivity index (χ0v) is 16.4. The number of hydrogen-bond donors (Lipinski definition) is 2. The van der Waals surface area contributed by atoms with Gasteiger partial charge in [0, 0.05) is 31.8 Å². The van der Waals surface area contributed by atoms with Crippen molar-refractivity contribution in [2.24, 2.45) is 17.8 Å². The number of likely N-dealkylation sites (tertiary alicyclic amines) is 1. The van der Waals surface area contributed by atoms with Crippen molar-refractivity contribution in [2.75, 3.05) is 13.1 Å². The summed E-state index contributed by atoms with van der Waals surface area (Å²) in [6, 6.07) is 4.41. The number of carbonyl (C=O) groups excluding carboxylic acids is 1. The second kappa shape index (κ2) is 8.71. The van der Waals surface area contributed by atoms with E-state index in [9.17, 15) is 19.1 Å². The standard InChI is InChI=1S/C21H28FN3O3/c1-3-13(4-2)21(28)25-8-7-14(10-20(26)27)15(12-25)9-19-23-17-6-5-16(22)11-18(17)24-19/h5-6,11,13-15H,3-4,7-10,12H2,1-2H3,(H,23,24)(H,26,27)/t14-,15-/m0/s1. The molecule has 0 unspecified atom stereocenters. The number of halogens is 1. The van der Waals surface area contributed by atoms with E-state index < -0.39 is 5.97 Å². The van der Waals surface area contributed by atoms with E-state index in [2.05, 4.69) is 9.97 Å². The molecule has 1 aliphatic rings. The van der Waals surface area contributed by atoms with Crippen molar-refractivity contribution >= 4 is 22.9 Å². The number of imidazole rings is 1. The highest BCUT2D eigenvalue weighted by atomic mass is 19.1. The molecule has 1 aliphatic heterocycles. The Kier molecular flexibility index (Phi) is 6.31. The number of fused-ring (bicyclic) bond motifs is 1. The van der Waals surface area contributed by atoms with Crippen LogP contribution in [0.2, 0.25) is 0 Å². The van der Waals surface area contributed by atoms with E-state index >= 15 is 0 Å². The predicted octanol–water partition coefficient (Wildman–Crippen LogP) is 3.62. The molecule has 1 saturated heterocycles. The highest BCUT2D eigenvalue weighted by molar-refractivity contribution is 5.79. The molecule has 0 saturated carbocycles. The van der Waals surface area contributed by atoms with Gasteiger partial charge in [0.05, 0.1) is 11.0 Å². The molecule has 7 heteroatoms. The van der Waals surface area contributed by atoms with Gasteiger partial charge in [-0.1, -0.05) is 13.8 Å². The number of nitrogens with one attached hydrogen (secondary N) is 1. The van der Waals surface area contributed by atoms with Gasteiger partial charge in [0.25, 0.3) is 0 Å². The Morgan fingerprint density at radius 3 is 2.75 bits per heavy atom. The van der Waals surface area contributed by atoms with Gasteiger partial charge >= 0.3 is 5.97 Å². The first-order chi connectivity index (χ1) is 13.4. The zero-order valence-electron chi connectivity index (χ0n) is 16.4. The number of aromatic nitrogens is 2. The lowest BCUT2D eigenvalue weighted by atomic mass is 9.80. The fourth-order valence-electron chi connectivity index (χ4n) is 4.28. The molecule has 0 aliphatic carbocycles. The van der Waals surface area contributed by atoms with Gasteiger partial charge in [0.15, 0.2) is 0 Å². The lowest BCUT2D eigenvalue weighted by molar-refractivity contribution is -0.141. The highest BCUT2D eigenvalue weighted by Gasteiger charge is 2.34. The third kappa shape index (κ3) is 4.51. The molecule has 2 N–H and O–H groups in total. The average Bonchev–Trinajstić information content (AvgIpc) is 3.05. The molecule has 6 nitrogen and oxygen atoms in total. The van der Waals surface area contributed by atoms with E-state index in [1.807, 2.05) is 18.7 Å². The van der Waals surface area contributed by atoms with Crippen molar-refractivity contribution in [3.05, 3.63) is 29.8 Å². The maximum atomic E-state index is 13.4. The largest absolute Gasteiger partial charge is 0.481 e. The smallest absolute Gasteiger partial charge is 0.303 e. The van der Waals surface area contributed by atoms with Crippen LogP contribution in [0.4, 0.5) is 4.39 Å². The molecule has 152 valence electrons. The monoisotopic (exact) mass is 389 g/mol. The van der Waals surface area contributed by atoms with Crippen LogP contribution in [-0.2, 0) is 16.0 Å². The Balaban J connectivity index is 1.79. The first kappa shape index (κ1) is 20.3. The Bertz CT molecular complexity index is 847. The van der Waals surface area contributed by atoms with Crippen LogP contribution in [0, 0.1) is 23.6 Å². The maximum absolute atomic E-state index is 13.4. The summed E-state index contributed by atoms with van der Waals surface area (Å²) in [6.45, 7) is 5.19. The average molecular weight is 389 g/mol. The fraction of sp³-hybridized carbons (Fsp3) is 0.571. The van der Waals surface area contributed by atoms with Gasteiger partial charge in [0.2, 0.25) is 5.91 Å². The summed E-state index contributed by atoms with van der Waals surface area (Å²) >= 11 is 0. The fourth-order valence-corrected chi connectivity index (χ4v) is 4.28. The van der Waals surface area contributed by atoms with Crippen LogP contribution >= 0.6 is 0 Å². The minimum Gasteiger partial charge on any atom is -0.481 e. The van der Waals surface area contributed by atoms with Gasteiger partial charge in [-0.25, -0.2) is 9.37 Å². The normalized spacial score (nSPS) is 20.1. The van der Waals surface area contributed by atoms with Crippen molar-refractivity contribution in [2.45, 2.75) is 46.0 Å². The molecule has 1 aromatic carbocycles. The summed E-state index contributed by atoms with van der Waals surface area (Å²) in [5.41, 5.74) is 1.32. The molecule has 1 amide bonds. The van der Waals surface area contributed by atoms with Gasteiger partial charge in [-0.3, -0.25) is 9.59 Å². The van der Waals surface area contributed by atoms with Gasteiger partial charge in [-0.05, 0) is 49.3 Å². The number of carboxylic acids is 1. The molecule has 0 spiro atoms. The summed E-state index contributed by atoms with van der Waals surface area (Å²) in [4.78, 5) is 33.7. The van der Waals surface area contributed by atoms with Crippen molar-refractivity contribution in [3.8, 4) is 0 Å². The molecule has 1 aromatic heterocycles. The van der Waals surface area contributed by atoms with Crippen LogP contribution in [0.1, 0.15) is 45.4 Å². The number of piperidine rings is 1. The van der Waals surface area contributed by atoms with Crippen molar-refractivity contribution in [3.63, 3.8) is 0 Å². The van der Waals surface area contributed by atoms with Gasteiger partial charge in [-0.2, -0.15) is 0 Å². The van der Waals surface area contributed by atoms with Crippen molar-refractivity contribution < 1.29 is 19.1 Å². The lowest BCUT2D eigenvalue weighted by Gasteiger charge is -2.39. The molecule has 2 heterocycles. The predicted molar refractivity (Wildman–Crippen MR) is 104 cm³/mol. The van der Waals surface area contributed by atoms with Crippen LogP contribution in [0.15, 0.2) is 18.2 Å². The topological polar surface area (TPSA) is 86.3 Å². The van der Waals surface area contributed by atoms with E-state index in [1.165, 1.54) is 12.1 Å². The van der Waals surface area contributed by atoms with Crippen molar-refractivity contribution in [1.82, 2.24) is 14.9 Å². The van der Waals surface area contributed by atoms with Crippen LogP contribution in [0.3, 0.4) is 0 Å². The highest BCUT2D eigenvalue weighted by Crippen LogP contribution is 2.31. The number of aromatic amines is 1. The molecule has 1 fully saturated rings. The molecule has 2 aromatic rings. The summed E-state index contributed by atoms with van der Waals surface area (Å²) in [5, 5.41) is 9.29. The number of aliphatic carboxylic acids is 1. The number of H-pyrrole nitrogens is 1. The summed E-state index contributed by atoms with van der Waals surface area (Å²) in [5.74, 6) is -0.256. The Morgan fingerprint density at radius 1 is 1.32 bits per heavy atom. The van der Waals surface area contributed by atoms with E-state index in [-0.39, 0.29) is 35.9 Å². The van der Waals surface area contributed by atoms with Gasteiger partial charge < -0.3 is 15.0 Å². The summed E-state index contributed by atoms with van der Waals surface area (Å²) in [7, 11) is 0. The molecular formula is C21H28FN3O3. The van der Waals surface area contributed by atoms with Crippen molar-refractivity contribution in [1.29, 1.82) is 0 Å². The molecule has 0 bridgehead atoms. The molecular weight excluding hydrogens is 361 g/mol. The second-order valence-corrected chi connectivity index (χ2v) is 7.75. The number of rotatable bonds is 7. The Hall–Kier alpha value is -2.44. The number of carbonyl (C=O) groups is 2. The van der Waals surface area contributed by atoms with Crippen LogP contribution in [0.25, 0.3) is 11.0 Å². The zero-order chi connectivity index (χ0) is 20.3. The first-order valence-corrected chi connectivity index (χ1v) is 10.1. The van der Waals surface area contributed by atoms with Gasteiger partial charge in [-0.15, -0.1) is 0 Å². The molecule has 2 atom stereocenters. The van der Waals surface area contributed by atoms with E-state index in [0.29, 0.717) is 42.8 Å². The van der Waals surface area contributed by atoms with Crippen LogP contribution in [0.5, 0.6) is 0 Å². The second-order valence-electron chi connectivity index (χ2n) is 7.75. The lowest BCUT2D eigenvalue weighted by Crippen LogP contribution is -2.47. The Labute approximate surface area is 164 Å². The molecule has 3 rings (SSSR count). The minimum atomic E-state index is -0.818. The summed E-state index contributed by atoms with van der Waals surface area (Å²) in [6.07, 6.45) is 2.93. The Morgan fingerprint density at radius 2 is 2.07 bits per heavy atom. The molecule has 0 radical (unpaired) electrons. The first-order valence-electron chi connectivity index (χ1n) is 10.1. The van der Waals surface area contributed by atoms with Crippen LogP contribution in [-0.4, -0.2) is 44.9 Å². The minimum absolute atomic E-state index is 0.00629. The summed E-state index contributed by atoms with van der Waals surface area (Å²) < 4.78 is 13.4. The van der Waals surface area contributed by atoms with Crippen LogP contribution < -0.4 is 0 Å². The quantitative estimate of drug-likeness (QED) is 0.757. The van der Waals surface area contributed by atoms with E-state index in [4.69, 9.17) is 0 Å². The SMILES string of the molecule is CCC(CC)C(=O)N1CC[C@@H](CC(=O)O)[C@@H](Cc2nc3ccc(F)cc3[nH]2)C1. The number of carboxylic acid groups (broad SMARTS) is 1. The number of nitrogens with zero attached hydrogens (tertiary/aromatic N) is 2. The maximum Gasteiger partial charge on any atom is 0.303 e. The number of amides is 1. The third-order valence-corrected chi connectivity index (χ3v) is 5.92. The molecule has 28 heavy (non-hydrogen) atoms. The van der Waals surface area contributed by atoms with E-state index in [1.54, 1.807) is 6.07 Å². The van der Waals surface area contributed by atoms with E-state index in [0.717, 1.165) is 12.8 Å². The third-order valence-electron chi connectivity index (χ3n) is 5.92. The van der Waals surface area contributed by atoms with Gasteiger partial charge in [0.1, 0.15) is 11.6 Å².